The maximum absolute atomic E-state index is 15.1. The highest BCUT2D eigenvalue weighted by Gasteiger charge is 2.33. The second-order valence-corrected chi connectivity index (χ2v) is 12.0. The first-order valence-corrected chi connectivity index (χ1v) is 15.6. The van der Waals surface area contributed by atoms with Gasteiger partial charge in [-0.05, 0) is 73.5 Å². The van der Waals surface area contributed by atoms with Gasteiger partial charge in [-0.15, -0.1) is 23.4 Å². The number of nitrogens with one attached hydrogen (secondary N) is 1. The third kappa shape index (κ3) is 9.00. The van der Waals surface area contributed by atoms with Gasteiger partial charge in [0.1, 0.15) is 27.3 Å². The zero-order chi connectivity index (χ0) is 34.6. The lowest BCUT2D eigenvalue weighted by Crippen LogP contribution is -2.31. The van der Waals surface area contributed by atoms with Crippen LogP contribution in [0, 0.1) is 12.7 Å². The molecule has 0 aliphatic carbocycles. The number of carbonyl (C=O) groups is 2. The number of alkyl halides is 6. The van der Waals surface area contributed by atoms with Gasteiger partial charge in [-0.25, -0.2) is 9.18 Å². The molecule has 0 saturated carbocycles. The van der Waals surface area contributed by atoms with Crippen molar-refractivity contribution in [2.45, 2.75) is 32.3 Å². The molecule has 1 aliphatic heterocycles. The van der Waals surface area contributed by atoms with Crippen LogP contribution in [0.5, 0.6) is 11.5 Å². The van der Waals surface area contributed by atoms with Gasteiger partial charge >= 0.3 is 18.6 Å². The lowest BCUT2D eigenvalue weighted by Gasteiger charge is -2.20. The fraction of sp³-hybridized carbons (Fsp3) is 0.233. The van der Waals surface area contributed by atoms with Gasteiger partial charge in [0.25, 0.3) is 0 Å². The first-order valence-electron chi connectivity index (χ1n) is 13.8. The Hall–Kier alpha value is -4.71. The minimum absolute atomic E-state index is 0.0420. The second kappa shape index (κ2) is 14.2. The number of anilines is 2. The fourth-order valence-electron chi connectivity index (χ4n) is 4.30. The number of amidine groups is 1. The lowest BCUT2D eigenvalue weighted by atomic mass is 10.2. The number of carbonyl (C=O) groups excluding carboxylic acids is 2. The molecule has 3 amide bonds. The highest BCUT2D eigenvalue weighted by molar-refractivity contribution is 8.15. The van der Waals surface area contributed by atoms with Crippen LogP contribution < -0.4 is 19.7 Å². The van der Waals surface area contributed by atoms with E-state index in [1.165, 1.54) is 30.3 Å². The number of hydrogen-bond acceptors (Lipinski definition) is 8. The van der Waals surface area contributed by atoms with Gasteiger partial charge in [-0.2, -0.15) is 18.2 Å². The molecule has 0 radical (unpaired) electrons. The average Bonchev–Trinajstić information content (AvgIpc) is 3.63. The zero-order valence-electron chi connectivity index (χ0n) is 24.5. The topological polar surface area (TPSA) is 106 Å². The minimum atomic E-state index is -4.83. The van der Waals surface area contributed by atoms with E-state index >= 15 is 4.39 Å². The van der Waals surface area contributed by atoms with Gasteiger partial charge in [0.15, 0.2) is 5.17 Å². The Morgan fingerprint density at radius 1 is 0.979 bits per heavy atom. The Balaban J connectivity index is 1.27. The molecular formula is C30H22F7N5O4S2. The third-order valence-corrected chi connectivity index (χ3v) is 8.34. The molecule has 1 N–H and O–H groups in total. The van der Waals surface area contributed by atoms with Crippen LogP contribution in [0.3, 0.4) is 0 Å². The van der Waals surface area contributed by atoms with E-state index in [0.717, 1.165) is 46.2 Å². The van der Waals surface area contributed by atoms with Crippen LogP contribution >= 0.6 is 23.1 Å². The normalized spacial score (nSPS) is 14.5. The van der Waals surface area contributed by atoms with E-state index in [1.807, 2.05) is 0 Å². The third-order valence-electron chi connectivity index (χ3n) is 6.40. The van der Waals surface area contributed by atoms with Crippen LogP contribution in [-0.2, 0) is 4.79 Å². The SMILES string of the molecule is Cc1ccc(OCCCC(F)(F)F)c(N2C(=O)CS/C2=N\C(=O)Nc2ccc(-c3nnc(-c4ccc(OC(F)(F)F)cc4)s3)cc2F)c1. The second-order valence-electron chi connectivity index (χ2n) is 10.1. The smallest absolute Gasteiger partial charge is 0.491 e. The van der Waals surface area contributed by atoms with E-state index in [9.17, 15) is 35.9 Å². The number of aromatic nitrogens is 2. The molecule has 18 heteroatoms. The Kier molecular flexibility index (Phi) is 10.2. The molecule has 0 atom stereocenters. The molecular weight excluding hydrogens is 691 g/mol. The highest BCUT2D eigenvalue weighted by atomic mass is 32.2. The van der Waals surface area contributed by atoms with E-state index in [-0.39, 0.29) is 41.1 Å². The van der Waals surface area contributed by atoms with Crippen LogP contribution in [0.2, 0.25) is 0 Å². The Morgan fingerprint density at radius 2 is 1.67 bits per heavy atom. The number of thioether (sulfide) groups is 1. The standard InChI is InChI=1S/C30H22F7N5O4S2/c1-16-3-10-23(45-12-2-11-29(32,33)34)22(13-16)42-24(43)15-47-28(42)39-27(44)38-21-9-6-18(14-20(21)31)26-41-40-25(48-26)17-4-7-19(8-5-17)46-30(35,36)37/h3-10,13-14H,2,11-12,15H2,1H3,(H,38,44)/b39-28-. The van der Waals surface area contributed by atoms with Gasteiger partial charge in [-0.1, -0.05) is 29.2 Å². The number of aryl methyl sites for hydroxylation is 1. The molecule has 0 bridgehead atoms. The molecule has 4 aromatic rings. The maximum atomic E-state index is 15.1. The average molecular weight is 714 g/mol. The van der Waals surface area contributed by atoms with Crippen molar-refractivity contribution in [3.8, 4) is 32.6 Å². The maximum Gasteiger partial charge on any atom is 0.573 e. The summed E-state index contributed by atoms with van der Waals surface area (Å²) >= 11 is 2.00. The summed E-state index contributed by atoms with van der Waals surface area (Å²) in [4.78, 5) is 30.7. The lowest BCUT2D eigenvalue weighted by molar-refractivity contribution is -0.274. The zero-order valence-corrected chi connectivity index (χ0v) is 26.1. The fourth-order valence-corrected chi connectivity index (χ4v) is 6.00. The number of aliphatic imine (C=N–C) groups is 1. The number of rotatable bonds is 9. The molecule has 2 heterocycles. The number of benzene rings is 3. The van der Waals surface area contributed by atoms with E-state index < -0.39 is 42.5 Å². The number of urea groups is 1. The van der Waals surface area contributed by atoms with Crippen molar-refractivity contribution in [2.75, 3.05) is 22.6 Å². The number of amides is 3. The van der Waals surface area contributed by atoms with Gasteiger partial charge in [0.05, 0.1) is 23.7 Å². The largest absolute Gasteiger partial charge is 0.573 e. The number of ether oxygens (including phenoxy) is 2. The van der Waals surface area contributed by atoms with Crippen molar-refractivity contribution in [2.24, 2.45) is 4.99 Å². The van der Waals surface area contributed by atoms with Crippen molar-refractivity contribution in [3.63, 3.8) is 0 Å². The van der Waals surface area contributed by atoms with E-state index in [0.29, 0.717) is 26.7 Å². The van der Waals surface area contributed by atoms with E-state index in [2.05, 4.69) is 25.2 Å². The van der Waals surface area contributed by atoms with Crippen LogP contribution in [0.15, 0.2) is 65.7 Å². The quantitative estimate of drug-likeness (QED) is 0.137. The summed E-state index contributed by atoms with van der Waals surface area (Å²) in [5.41, 5.74) is 1.44. The van der Waals surface area contributed by atoms with Crippen LogP contribution in [0.4, 0.5) is 46.9 Å². The Bertz CT molecular complexity index is 1850. The summed E-state index contributed by atoms with van der Waals surface area (Å²) in [6.45, 7) is 1.47. The minimum Gasteiger partial charge on any atom is -0.491 e. The molecule has 3 aromatic carbocycles. The van der Waals surface area contributed by atoms with Crippen molar-refractivity contribution < 1.29 is 49.8 Å². The molecule has 0 unspecified atom stereocenters. The first kappa shape index (κ1) is 34.6. The molecule has 48 heavy (non-hydrogen) atoms. The highest BCUT2D eigenvalue weighted by Crippen LogP contribution is 2.36. The Labute approximate surface area is 275 Å². The van der Waals surface area contributed by atoms with Crippen molar-refractivity contribution in [3.05, 3.63) is 72.0 Å². The molecule has 1 aliphatic rings. The molecule has 9 nitrogen and oxygen atoms in total. The first-order chi connectivity index (χ1) is 22.6. The Morgan fingerprint density at radius 3 is 2.33 bits per heavy atom. The van der Waals surface area contributed by atoms with E-state index in [4.69, 9.17) is 4.74 Å². The van der Waals surface area contributed by atoms with Gasteiger partial charge in [0, 0.05) is 17.5 Å². The van der Waals surface area contributed by atoms with E-state index in [1.54, 1.807) is 19.1 Å². The van der Waals surface area contributed by atoms with Crippen molar-refractivity contribution in [1.29, 1.82) is 0 Å². The summed E-state index contributed by atoms with van der Waals surface area (Å²) in [5.74, 6) is -1.65. The summed E-state index contributed by atoms with van der Waals surface area (Å²) in [6, 6.07) is 12.6. The monoisotopic (exact) mass is 713 g/mol. The molecule has 0 spiro atoms. The molecule has 1 aromatic heterocycles. The van der Waals surface area contributed by atoms with Gasteiger partial charge in [-0.3, -0.25) is 9.69 Å². The molecule has 252 valence electrons. The van der Waals surface area contributed by atoms with Crippen LogP contribution in [0.1, 0.15) is 18.4 Å². The summed E-state index contributed by atoms with van der Waals surface area (Å²) in [6.07, 6.45) is -10.5. The predicted molar refractivity (Wildman–Crippen MR) is 166 cm³/mol. The number of halogens is 7. The van der Waals surface area contributed by atoms with Crippen molar-refractivity contribution >= 4 is 51.6 Å². The number of nitrogens with zero attached hydrogens (tertiary/aromatic N) is 4. The summed E-state index contributed by atoms with van der Waals surface area (Å²) < 4.78 is 99.4. The summed E-state index contributed by atoms with van der Waals surface area (Å²) in [7, 11) is 0. The molecule has 5 rings (SSSR count). The molecule has 1 saturated heterocycles. The van der Waals surface area contributed by atoms with Gasteiger partial charge in [0.2, 0.25) is 5.91 Å². The number of hydrogen-bond donors (Lipinski definition) is 1. The van der Waals surface area contributed by atoms with Crippen molar-refractivity contribution in [1.82, 2.24) is 10.2 Å². The van der Waals surface area contributed by atoms with Crippen LogP contribution in [-0.4, -0.2) is 52.2 Å². The van der Waals surface area contributed by atoms with Crippen LogP contribution in [0.25, 0.3) is 21.1 Å². The molecule has 1 fully saturated rings. The summed E-state index contributed by atoms with van der Waals surface area (Å²) in [5, 5.41) is 11.0. The van der Waals surface area contributed by atoms with Gasteiger partial charge < -0.3 is 14.8 Å². The predicted octanol–water partition coefficient (Wildman–Crippen LogP) is 8.61.